The molecule has 1 aromatic rings. The largest absolute Gasteiger partial charge is 0.389 e. The van der Waals surface area contributed by atoms with Crippen molar-refractivity contribution < 1.29 is 14.6 Å². The highest BCUT2D eigenvalue weighted by Gasteiger charge is 2.10. The fourth-order valence-corrected chi connectivity index (χ4v) is 1.50. The molecule has 17 heavy (non-hydrogen) atoms. The van der Waals surface area contributed by atoms with E-state index < -0.39 is 6.10 Å². The number of hydrogen-bond donors (Lipinski definition) is 2. The highest BCUT2D eigenvalue weighted by molar-refractivity contribution is 6.42. The van der Waals surface area contributed by atoms with Gasteiger partial charge in [-0.05, 0) is 18.2 Å². The normalized spacial score (nSPS) is 12.2. The maximum Gasteiger partial charge on any atom is 0.251 e. The van der Waals surface area contributed by atoms with E-state index in [1.54, 1.807) is 12.1 Å². The van der Waals surface area contributed by atoms with Crippen molar-refractivity contribution in [2.45, 2.75) is 6.10 Å². The summed E-state index contributed by atoms with van der Waals surface area (Å²) in [7, 11) is 1.48. The van der Waals surface area contributed by atoms with E-state index in [-0.39, 0.29) is 19.1 Å². The van der Waals surface area contributed by atoms with Crippen molar-refractivity contribution in [3.63, 3.8) is 0 Å². The van der Waals surface area contributed by atoms with Crippen molar-refractivity contribution in [2.24, 2.45) is 0 Å². The number of carbonyl (C=O) groups excluding carboxylic acids is 1. The predicted octanol–water partition coefficient (Wildman–Crippen LogP) is 1.73. The number of aliphatic hydroxyl groups excluding tert-OH is 1. The van der Waals surface area contributed by atoms with Crippen molar-refractivity contribution in [2.75, 3.05) is 20.3 Å². The summed E-state index contributed by atoms with van der Waals surface area (Å²) in [6.07, 6.45) is -0.730. The molecular formula is C11H13Cl2NO3. The Morgan fingerprint density at radius 2 is 2.18 bits per heavy atom. The Morgan fingerprint density at radius 3 is 2.76 bits per heavy atom. The van der Waals surface area contributed by atoms with Crippen LogP contribution in [-0.4, -0.2) is 37.4 Å². The number of ether oxygens (including phenoxy) is 1. The summed E-state index contributed by atoms with van der Waals surface area (Å²) in [4.78, 5) is 11.7. The minimum absolute atomic E-state index is 0.118. The molecule has 0 spiro atoms. The van der Waals surface area contributed by atoms with Crippen LogP contribution >= 0.6 is 23.2 Å². The van der Waals surface area contributed by atoms with Crippen LogP contribution in [0.5, 0.6) is 0 Å². The molecule has 0 fully saturated rings. The SMILES string of the molecule is COCC(O)CNC(=O)c1ccc(Cl)c(Cl)c1. The summed E-state index contributed by atoms with van der Waals surface area (Å²) >= 11 is 11.5. The van der Waals surface area contributed by atoms with Gasteiger partial charge < -0.3 is 15.2 Å². The first-order valence-electron chi connectivity index (χ1n) is 4.95. The molecule has 1 unspecified atom stereocenters. The van der Waals surface area contributed by atoms with Gasteiger partial charge >= 0.3 is 0 Å². The Hall–Kier alpha value is -0.810. The van der Waals surface area contributed by atoms with Crippen LogP contribution in [0.15, 0.2) is 18.2 Å². The van der Waals surface area contributed by atoms with Gasteiger partial charge in [0, 0.05) is 19.2 Å². The monoisotopic (exact) mass is 277 g/mol. The standard InChI is InChI=1S/C11H13Cl2NO3/c1-17-6-8(15)5-14-11(16)7-2-3-9(12)10(13)4-7/h2-4,8,15H,5-6H2,1H3,(H,14,16). The number of rotatable bonds is 5. The minimum atomic E-state index is -0.730. The molecule has 0 saturated carbocycles. The first kappa shape index (κ1) is 14.3. The zero-order chi connectivity index (χ0) is 12.8. The molecule has 0 saturated heterocycles. The van der Waals surface area contributed by atoms with Crippen LogP contribution in [0.3, 0.4) is 0 Å². The molecule has 1 rings (SSSR count). The Labute approximate surface area is 109 Å². The van der Waals surface area contributed by atoms with E-state index in [0.717, 1.165) is 0 Å². The molecule has 1 atom stereocenters. The van der Waals surface area contributed by atoms with Gasteiger partial charge in [-0.25, -0.2) is 0 Å². The lowest BCUT2D eigenvalue weighted by Crippen LogP contribution is -2.34. The molecule has 6 heteroatoms. The molecule has 1 amide bonds. The van der Waals surface area contributed by atoms with Crippen molar-refractivity contribution in [3.05, 3.63) is 33.8 Å². The lowest BCUT2D eigenvalue weighted by Gasteiger charge is -2.11. The number of amides is 1. The first-order chi connectivity index (χ1) is 8.04. The quantitative estimate of drug-likeness (QED) is 0.862. The van der Waals surface area contributed by atoms with Crippen molar-refractivity contribution in [1.82, 2.24) is 5.32 Å². The van der Waals surface area contributed by atoms with Gasteiger partial charge in [-0.1, -0.05) is 23.2 Å². The molecule has 0 aliphatic heterocycles. The first-order valence-corrected chi connectivity index (χ1v) is 5.70. The van der Waals surface area contributed by atoms with Crippen LogP contribution in [0, 0.1) is 0 Å². The summed E-state index contributed by atoms with van der Waals surface area (Å²) in [5.41, 5.74) is 0.393. The van der Waals surface area contributed by atoms with E-state index in [2.05, 4.69) is 5.32 Å². The fraction of sp³-hybridized carbons (Fsp3) is 0.364. The van der Waals surface area contributed by atoms with Crippen molar-refractivity contribution in [3.8, 4) is 0 Å². The molecule has 0 aliphatic rings. The van der Waals surface area contributed by atoms with E-state index in [0.29, 0.717) is 15.6 Å². The Morgan fingerprint density at radius 1 is 1.47 bits per heavy atom. The molecule has 0 aliphatic carbocycles. The summed E-state index contributed by atoms with van der Waals surface area (Å²) < 4.78 is 4.74. The van der Waals surface area contributed by atoms with Gasteiger partial charge in [0.2, 0.25) is 0 Å². The Bertz CT molecular complexity index is 398. The smallest absolute Gasteiger partial charge is 0.251 e. The third-order valence-electron chi connectivity index (χ3n) is 2.04. The second-order valence-electron chi connectivity index (χ2n) is 3.45. The van der Waals surface area contributed by atoms with Crippen molar-refractivity contribution in [1.29, 1.82) is 0 Å². The van der Waals surface area contributed by atoms with Crippen LogP contribution in [0.25, 0.3) is 0 Å². The molecule has 0 aromatic heterocycles. The van der Waals surface area contributed by atoms with Crippen LogP contribution in [0.4, 0.5) is 0 Å². The van der Waals surface area contributed by atoms with Gasteiger partial charge in [-0.15, -0.1) is 0 Å². The van der Waals surface area contributed by atoms with E-state index in [9.17, 15) is 9.90 Å². The fourth-order valence-electron chi connectivity index (χ4n) is 1.20. The molecular weight excluding hydrogens is 265 g/mol. The van der Waals surface area contributed by atoms with Crippen LogP contribution < -0.4 is 5.32 Å². The third kappa shape index (κ3) is 4.52. The topological polar surface area (TPSA) is 58.6 Å². The highest BCUT2D eigenvalue weighted by Crippen LogP contribution is 2.22. The number of aliphatic hydroxyl groups is 1. The molecule has 0 radical (unpaired) electrons. The average molecular weight is 278 g/mol. The minimum Gasteiger partial charge on any atom is -0.389 e. The third-order valence-corrected chi connectivity index (χ3v) is 2.78. The Kier molecular flexibility index (Phi) is 5.71. The van der Waals surface area contributed by atoms with E-state index >= 15 is 0 Å². The lowest BCUT2D eigenvalue weighted by molar-refractivity contribution is 0.0610. The van der Waals surface area contributed by atoms with Gasteiger partial charge in [0.05, 0.1) is 22.8 Å². The molecule has 1 aromatic carbocycles. The van der Waals surface area contributed by atoms with E-state index in [1.165, 1.54) is 13.2 Å². The van der Waals surface area contributed by atoms with Gasteiger partial charge in [0.1, 0.15) is 0 Å². The molecule has 4 nitrogen and oxygen atoms in total. The average Bonchev–Trinajstić information content (AvgIpc) is 2.30. The second-order valence-corrected chi connectivity index (χ2v) is 4.26. The van der Waals surface area contributed by atoms with Crippen LogP contribution in [-0.2, 0) is 4.74 Å². The van der Waals surface area contributed by atoms with Gasteiger partial charge in [-0.3, -0.25) is 4.79 Å². The van der Waals surface area contributed by atoms with E-state index in [4.69, 9.17) is 27.9 Å². The zero-order valence-electron chi connectivity index (χ0n) is 9.24. The Balaban J connectivity index is 2.55. The van der Waals surface area contributed by atoms with Crippen LogP contribution in [0.1, 0.15) is 10.4 Å². The predicted molar refractivity (Wildman–Crippen MR) is 66.7 cm³/mol. The molecule has 94 valence electrons. The van der Waals surface area contributed by atoms with Gasteiger partial charge in [0.15, 0.2) is 0 Å². The summed E-state index contributed by atoms with van der Waals surface area (Å²) in [5.74, 6) is -0.321. The number of nitrogens with one attached hydrogen (secondary N) is 1. The number of halogens is 2. The van der Waals surface area contributed by atoms with Crippen LogP contribution in [0.2, 0.25) is 10.0 Å². The van der Waals surface area contributed by atoms with Gasteiger partial charge in [-0.2, -0.15) is 0 Å². The molecule has 0 heterocycles. The summed E-state index contributed by atoms with van der Waals surface area (Å²) in [6.45, 7) is 0.286. The lowest BCUT2D eigenvalue weighted by atomic mass is 10.2. The second kappa shape index (κ2) is 6.81. The van der Waals surface area contributed by atoms with Crippen molar-refractivity contribution >= 4 is 29.1 Å². The van der Waals surface area contributed by atoms with E-state index in [1.807, 2.05) is 0 Å². The summed E-state index contributed by atoms with van der Waals surface area (Å²) in [5, 5.41) is 12.6. The number of carbonyl (C=O) groups is 1. The molecule has 0 bridgehead atoms. The number of hydrogen-bond acceptors (Lipinski definition) is 3. The number of benzene rings is 1. The highest BCUT2D eigenvalue weighted by atomic mass is 35.5. The summed E-state index contributed by atoms with van der Waals surface area (Å²) in [6, 6.07) is 4.58. The molecule has 2 N–H and O–H groups in total. The number of methoxy groups -OCH3 is 1. The maximum atomic E-state index is 11.7. The zero-order valence-corrected chi connectivity index (χ0v) is 10.8. The maximum absolute atomic E-state index is 11.7. The van der Waals surface area contributed by atoms with Gasteiger partial charge in [0.25, 0.3) is 5.91 Å².